The lowest BCUT2D eigenvalue weighted by Crippen LogP contribution is -2.59. The fourth-order valence-electron chi connectivity index (χ4n) is 7.00. The van der Waals surface area contributed by atoms with E-state index in [-0.39, 0.29) is 23.2 Å². The first-order valence-electron chi connectivity index (χ1n) is 10.8. The van der Waals surface area contributed by atoms with Crippen LogP contribution in [-0.4, -0.2) is 50.2 Å². The van der Waals surface area contributed by atoms with Crippen LogP contribution in [0, 0.1) is 17.3 Å². The topological polar surface area (TPSA) is 41.6 Å². The number of nitrogens with zero attached hydrogens (tertiary/aromatic N) is 1. The Bertz CT molecular complexity index is 675. The third kappa shape index (κ3) is 3.59. The molecule has 0 aromatic heterocycles. The standard InChI is InChI=1S/C23H32N2O2.ClH/c26-21(24-6-7-25-8-10-27-11-9-25)23-15-18-12-19(16-23)14-22(13-18,17-23)20-4-2-1-3-5-20;/h1-5,18-19H,6-17H2,(H,24,26);1H. The van der Waals surface area contributed by atoms with Crippen LogP contribution in [0.4, 0.5) is 0 Å². The summed E-state index contributed by atoms with van der Waals surface area (Å²) < 4.78 is 5.42. The van der Waals surface area contributed by atoms with Crippen LogP contribution in [0.5, 0.6) is 0 Å². The predicted octanol–water partition coefficient (Wildman–Crippen LogP) is 3.39. The average Bonchev–Trinajstić information content (AvgIpc) is 2.68. The number of carbonyl (C=O) groups is 1. The monoisotopic (exact) mass is 404 g/mol. The highest BCUT2D eigenvalue weighted by molar-refractivity contribution is 5.85. The Morgan fingerprint density at radius 1 is 1.07 bits per heavy atom. The second-order valence-corrected chi connectivity index (χ2v) is 9.60. The van der Waals surface area contributed by atoms with Gasteiger partial charge in [-0.2, -0.15) is 0 Å². The number of halogens is 1. The molecule has 2 unspecified atom stereocenters. The van der Waals surface area contributed by atoms with Crippen LogP contribution in [0.25, 0.3) is 0 Å². The second kappa shape index (κ2) is 7.97. The molecule has 4 bridgehead atoms. The molecule has 1 heterocycles. The third-order valence-electron chi connectivity index (χ3n) is 7.75. The van der Waals surface area contributed by atoms with Gasteiger partial charge in [-0.15, -0.1) is 12.4 Å². The number of ether oxygens (including phenoxy) is 1. The van der Waals surface area contributed by atoms with Gasteiger partial charge in [0.1, 0.15) is 0 Å². The van der Waals surface area contributed by atoms with Gasteiger partial charge in [0.15, 0.2) is 0 Å². The maximum Gasteiger partial charge on any atom is 0.226 e. The van der Waals surface area contributed by atoms with Crippen molar-refractivity contribution >= 4 is 18.3 Å². The van der Waals surface area contributed by atoms with Crippen molar-refractivity contribution in [3.63, 3.8) is 0 Å². The Balaban J connectivity index is 0.00000192. The molecule has 0 spiro atoms. The van der Waals surface area contributed by atoms with Crippen LogP contribution in [0.1, 0.15) is 44.1 Å². The molecule has 1 aromatic rings. The van der Waals surface area contributed by atoms with Gasteiger partial charge in [0, 0.05) is 26.2 Å². The van der Waals surface area contributed by atoms with Crippen LogP contribution < -0.4 is 5.32 Å². The van der Waals surface area contributed by atoms with Crippen LogP contribution in [0.2, 0.25) is 0 Å². The van der Waals surface area contributed by atoms with Gasteiger partial charge in [-0.1, -0.05) is 30.3 Å². The van der Waals surface area contributed by atoms with Crippen molar-refractivity contribution in [2.75, 3.05) is 39.4 Å². The number of hydrogen-bond acceptors (Lipinski definition) is 3. The first-order chi connectivity index (χ1) is 13.2. The Morgan fingerprint density at radius 2 is 1.75 bits per heavy atom. The largest absolute Gasteiger partial charge is 0.379 e. The zero-order chi connectivity index (χ0) is 18.3. The zero-order valence-corrected chi connectivity index (χ0v) is 17.5. The van der Waals surface area contributed by atoms with E-state index < -0.39 is 0 Å². The van der Waals surface area contributed by atoms with E-state index in [1.54, 1.807) is 0 Å². The first-order valence-corrected chi connectivity index (χ1v) is 10.8. The molecule has 0 radical (unpaired) electrons. The van der Waals surface area contributed by atoms with E-state index in [1.807, 2.05) is 0 Å². The number of rotatable bonds is 5. The molecule has 4 nitrogen and oxygen atoms in total. The number of morpholine rings is 1. The van der Waals surface area contributed by atoms with Crippen molar-refractivity contribution in [2.45, 2.75) is 43.9 Å². The zero-order valence-electron chi connectivity index (χ0n) is 16.7. The van der Waals surface area contributed by atoms with E-state index in [2.05, 4.69) is 40.5 Å². The molecule has 5 heteroatoms. The maximum absolute atomic E-state index is 13.4. The SMILES string of the molecule is Cl.O=C(NCCN1CCOCC1)C12CC3CC(C1)CC(c1ccccc1)(C3)C2. The van der Waals surface area contributed by atoms with E-state index in [0.717, 1.165) is 70.5 Å². The highest BCUT2D eigenvalue weighted by Gasteiger charge is 2.60. The molecule has 4 aliphatic carbocycles. The van der Waals surface area contributed by atoms with Crippen molar-refractivity contribution in [1.82, 2.24) is 10.2 Å². The second-order valence-electron chi connectivity index (χ2n) is 9.60. The Labute approximate surface area is 174 Å². The lowest BCUT2D eigenvalue weighted by atomic mass is 9.42. The molecule has 28 heavy (non-hydrogen) atoms. The van der Waals surface area contributed by atoms with Crippen LogP contribution in [0.15, 0.2) is 30.3 Å². The maximum atomic E-state index is 13.4. The molecular weight excluding hydrogens is 372 g/mol. The number of hydrogen-bond donors (Lipinski definition) is 1. The lowest BCUT2D eigenvalue weighted by Gasteiger charge is -2.61. The van der Waals surface area contributed by atoms with Crippen LogP contribution >= 0.6 is 12.4 Å². The summed E-state index contributed by atoms with van der Waals surface area (Å²) in [5.74, 6) is 1.80. The molecule has 5 fully saturated rings. The van der Waals surface area contributed by atoms with Gasteiger partial charge in [-0.3, -0.25) is 9.69 Å². The number of benzene rings is 1. The van der Waals surface area contributed by atoms with E-state index in [0.29, 0.717) is 5.91 Å². The minimum atomic E-state index is -0.120. The molecule has 1 saturated heterocycles. The third-order valence-corrected chi connectivity index (χ3v) is 7.75. The summed E-state index contributed by atoms with van der Waals surface area (Å²) in [5, 5.41) is 3.33. The van der Waals surface area contributed by atoms with Crippen molar-refractivity contribution in [2.24, 2.45) is 17.3 Å². The van der Waals surface area contributed by atoms with Gasteiger partial charge in [0.05, 0.1) is 18.6 Å². The smallest absolute Gasteiger partial charge is 0.226 e. The van der Waals surface area contributed by atoms with E-state index >= 15 is 0 Å². The molecular formula is C23H33ClN2O2. The predicted molar refractivity (Wildman–Crippen MR) is 113 cm³/mol. The summed E-state index contributed by atoms with van der Waals surface area (Å²) in [6, 6.07) is 11.1. The van der Waals surface area contributed by atoms with Crippen molar-refractivity contribution in [1.29, 1.82) is 0 Å². The van der Waals surface area contributed by atoms with Gasteiger partial charge in [-0.25, -0.2) is 0 Å². The summed E-state index contributed by atoms with van der Waals surface area (Å²) in [5.41, 5.74) is 1.60. The molecule has 2 atom stereocenters. The number of nitrogens with one attached hydrogen (secondary N) is 1. The van der Waals surface area contributed by atoms with Crippen molar-refractivity contribution in [3.8, 4) is 0 Å². The fourth-order valence-corrected chi connectivity index (χ4v) is 7.00. The Morgan fingerprint density at radius 3 is 2.43 bits per heavy atom. The quantitative estimate of drug-likeness (QED) is 0.817. The Hall–Kier alpha value is -1.10. The van der Waals surface area contributed by atoms with E-state index in [1.165, 1.54) is 24.8 Å². The minimum Gasteiger partial charge on any atom is -0.379 e. The molecule has 1 N–H and O–H groups in total. The summed E-state index contributed by atoms with van der Waals surface area (Å²) in [4.78, 5) is 15.8. The number of amides is 1. The highest BCUT2D eigenvalue weighted by atomic mass is 35.5. The summed E-state index contributed by atoms with van der Waals surface area (Å²) in [6.07, 6.45) is 7.20. The fraction of sp³-hybridized carbons (Fsp3) is 0.696. The molecule has 1 aromatic carbocycles. The summed E-state index contributed by atoms with van der Waals surface area (Å²) in [7, 11) is 0. The average molecular weight is 405 g/mol. The molecule has 1 amide bonds. The van der Waals surface area contributed by atoms with Crippen molar-refractivity contribution in [3.05, 3.63) is 35.9 Å². The normalized spacial score (nSPS) is 36.7. The Kier molecular flexibility index (Phi) is 5.74. The molecule has 1 aliphatic heterocycles. The molecule has 6 rings (SSSR count). The van der Waals surface area contributed by atoms with Gasteiger partial charge in [0.25, 0.3) is 0 Å². The van der Waals surface area contributed by atoms with Crippen molar-refractivity contribution < 1.29 is 9.53 Å². The van der Waals surface area contributed by atoms with E-state index in [4.69, 9.17) is 4.74 Å². The van der Waals surface area contributed by atoms with Gasteiger partial charge in [-0.05, 0) is 61.3 Å². The minimum absolute atomic E-state index is 0. The first kappa shape index (κ1) is 20.2. The molecule has 5 aliphatic rings. The summed E-state index contributed by atoms with van der Waals surface area (Å²) in [6.45, 7) is 5.34. The van der Waals surface area contributed by atoms with Gasteiger partial charge in [0.2, 0.25) is 5.91 Å². The lowest BCUT2D eigenvalue weighted by molar-refractivity contribution is -0.149. The molecule has 4 saturated carbocycles. The van der Waals surface area contributed by atoms with E-state index in [9.17, 15) is 4.79 Å². The van der Waals surface area contributed by atoms with Gasteiger partial charge < -0.3 is 10.1 Å². The molecule has 154 valence electrons. The number of carbonyl (C=O) groups excluding carboxylic acids is 1. The summed E-state index contributed by atoms with van der Waals surface area (Å²) >= 11 is 0. The van der Waals surface area contributed by atoms with Crippen LogP contribution in [0.3, 0.4) is 0 Å². The highest BCUT2D eigenvalue weighted by Crippen LogP contribution is 2.65. The van der Waals surface area contributed by atoms with Gasteiger partial charge >= 0.3 is 0 Å². The van der Waals surface area contributed by atoms with Crippen LogP contribution in [-0.2, 0) is 14.9 Å².